The summed E-state index contributed by atoms with van der Waals surface area (Å²) in [6, 6.07) is 7.46. The smallest absolute Gasteiger partial charge is 0.139 e. The van der Waals surface area contributed by atoms with E-state index in [4.69, 9.17) is 0 Å². The first-order chi connectivity index (χ1) is 12.6. The molecule has 0 bridgehead atoms. The van der Waals surface area contributed by atoms with Gasteiger partial charge in [-0.25, -0.2) is 0 Å². The van der Waals surface area contributed by atoms with E-state index in [1.165, 1.54) is 55.2 Å². The summed E-state index contributed by atoms with van der Waals surface area (Å²) in [5.74, 6) is 1.65. The second-order valence-electron chi connectivity index (χ2n) is 8.70. The zero-order chi connectivity index (χ0) is 17.9. The summed E-state index contributed by atoms with van der Waals surface area (Å²) in [6.07, 6.45) is 7.24. The van der Waals surface area contributed by atoms with Gasteiger partial charge in [-0.05, 0) is 61.8 Å². The Bertz CT molecular complexity index is 859. The van der Waals surface area contributed by atoms with Crippen LogP contribution in [0.5, 0.6) is 0 Å². The lowest BCUT2D eigenvalue weighted by molar-refractivity contribution is -0.114. The number of piperidine rings is 1. The fourth-order valence-electron chi connectivity index (χ4n) is 5.66. The molecule has 4 heteroatoms. The molecule has 1 saturated carbocycles. The number of nitrogens with one attached hydrogen (secondary N) is 1. The normalized spacial score (nSPS) is 32.8. The van der Waals surface area contributed by atoms with E-state index in [0.717, 1.165) is 0 Å². The first kappa shape index (κ1) is 16.9. The molecule has 0 radical (unpaired) electrons. The number of likely N-dealkylation sites (tertiary alicyclic amines) is 1. The third-order valence-electron chi connectivity index (χ3n) is 6.84. The lowest BCUT2D eigenvalue weighted by Gasteiger charge is -2.48. The van der Waals surface area contributed by atoms with E-state index in [0.29, 0.717) is 34.2 Å². The maximum atomic E-state index is 11.4. The van der Waals surface area contributed by atoms with Crippen molar-refractivity contribution in [1.29, 1.82) is 0 Å². The molecule has 2 fully saturated rings. The molecule has 1 aromatic heterocycles. The molecule has 2 aliphatic carbocycles. The zero-order valence-electron chi connectivity index (χ0n) is 15.8. The van der Waals surface area contributed by atoms with Gasteiger partial charge in [0.25, 0.3) is 0 Å². The highest BCUT2D eigenvalue weighted by Gasteiger charge is 2.60. The molecule has 4 atom stereocenters. The number of hydrogen-bond acceptors (Lipinski definition) is 3. The van der Waals surface area contributed by atoms with Crippen LogP contribution >= 0.6 is 11.8 Å². The minimum Gasteiger partial charge on any atom is -0.361 e. The summed E-state index contributed by atoms with van der Waals surface area (Å²) in [5.41, 5.74) is 4.81. The molecule has 3 aliphatic rings. The van der Waals surface area contributed by atoms with Crippen LogP contribution in [0.2, 0.25) is 0 Å². The molecule has 0 amide bonds. The quantitative estimate of drug-likeness (QED) is 0.851. The van der Waals surface area contributed by atoms with Crippen LogP contribution < -0.4 is 0 Å². The van der Waals surface area contributed by atoms with Gasteiger partial charge < -0.3 is 4.98 Å². The highest BCUT2D eigenvalue weighted by molar-refractivity contribution is 8.00. The van der Waals surface area contributed by atoms with Gasteiger partial charge in [0.05, 0.1) is 5.75 Å². The molecule has 1 unspecified atom stereocenters. The highest BCUT2D eigenvalue weighted by atomic mass is 32.2. The number of aromatic amines is 1. The van der Waals surface area contributed by atoms with E-state index < -0.39 is 0 Å². The number of benzene rings is 1. The predicted molar refractivity (Wildman–Crippen MR) is 109 cm³/mol. The standard InChI is InChI=1S/C22H28N2OS/c1-3-7-24-13-22(10-20(22)26-12-14(2)25)9-17-16-5-4-6-18-21(16)15(11-23-18)8-19(17)24/h4-6,11,17,19-20,23H,3,7-10,12-13H2,1-2H3/t17?,19-,20-,22-/m1/s1. The number of aromatic nitrogens is 1. The van der Waals surface area contributed by atoms with Crippen LogP contribution in [0.4, 0.5) is 0 Å². The summed E-state index contributed by atoms with van der Waals surface area (Å²) in [7, 11) is 0. The molecule has 138 valence electrons. The Morgan fingerprint density at radius 2 is 2.27 bits per heavy atom. The van der Waals surface area contributed by atoms with E-state index in [-0.39, 0.29) is 0 Å². The Kier molecular flexibility index (Phi) is 3.98. The van der Waals surface area contributed by atoms with Crippen molar-refractivity contribution in [2.45, 2.75) is 56.7 Å². The minimum atomic E-state index is 0.315. The lowest BCUT2D eigenvalue weighted by atomic mass is 9.71. The second-order valence-corrected chi connectivity index (χ2v) is 9.90. The maximum Gasteiger partial charge on any atom is 0.139 e. The van der Waals surface area contributed by atoms with Gasteiger partial charge in [0, 0.05) is 40.9 Å². The van der Waals surface area contributed by atoms with Crippen molar-refractivity contribution in [1.82, 2.24) is 9.88 Å². The van der Waals surface area contributed by atoms with Crippen molar-refractivity contribution in [2.24, 2.45) is 5.41 Å². The first-order valence-corrected chi connectivity index (χ1v) is 11.1. The van der Waals surface area contributed by atoms with Crippen molar-refractivity contribution in [3.63, 3.8) is 0 Å². The third-order valence-corrected chi connectivity index (χ3v) is 8.48. The number of fused-ring (bicyclic) bond motifs is 2. The Hall–Kier alpha value is -1.26. The SMILES string of the molecule is CCCN1C[C@@]2(CC3c4cccc5[nH]cc(c45)C[C@H]31)C[C@H]2SCC(C)=O. The van der Waals surface area contributed by atoms with E-state index in [9.17, 15) is 4.79 Å². The zero-order valence-corrected chi connectivity index (χ0v) is 16.6. The van der Waals surface area contributed by atoms with Crippen LogP contribution in [-0.4, -0.2) is 45.8 Å². The number of hydrogen-bond donors (Lipinski definition) is 1. The Morgan fingerprint density at radius 3 is 3.08 bits per heavy atom. The van der Waals surface area contributed by atoms with Crippen LogP contribution in [0.3, 0.4) is 0 Å². The topological polar surface area (TPSA) is 36.1 Å². The Labute approximate surface area is 159 Å². The van der Waals surface area contributed by atoms with Gasteiger partial charge in [-0.1, -0.05) is 19.1 Å². The number of thioether (sulfide) groups is 1. The molecule has 2 heterocycles. The third kappa shape index (κ3) is 2.56. The number of carbonyl (C=O) groups is 1. The van der Waals surface area contributed by atoms with Gasteiger partial charge in [-0.15, -0.1) is 0 Å². The van der Waals surface area contributed by atoms with Crippen LogP contribution in [0.15, 0.2) is 24.4 Å². The Balaban J connectivity index is 1.49. The monoisotopic (exact) mass is 368 g/mol. The maximum absolute atomic E-state index is 11.4. The van der Waals surface area contributed by atoms with Crippen molar-refractivity contribution in [3.05, 3.63) is 35.5 Å². The number of ketones is 1. The van der Waals surface area contributed by atoms with Gasteiger partial charge in [0.15, 0.2) is 0 Å². The van der Waals surface area contributed by atoms with E-state index in [1.807, 2.05) is 11.8 Å². The molecule has 1 N–H and O–H groups in total. The molecular weight excluding hydrogens is 340 g/mol. The molecule has 3 nitrogen and oxygen atoms in total. The fraction of sp³-hybridized carbons (Fsp3) is 0.591. The van der Waals surface area contributed by atoms with Gasteiger partial charge in [0.2, 0.25) is 0 Å². The molecular formula is C22H28N2OS. The van der Waals surface area contributed by atoms with Crippen molar-refractivity contribution in [3.8, 4) is 0 Å². The average Bonchev–Trinajstić information content (AvgIpc) is 3.11. The summed E-state index contributed by atoms with van der Waals surface area (Å²) >= 11 is 1.91. The van der Waals surface area contributed by atoms with Crippen LogP contribution in [0.25, 0.3) is 10.9 Å². The minimum absolute atomic E-state index is 0.315. The van der Waals surface area contributed by atoms with Crippen LogP contribution in [0, 0.1) is 5.41 Å². The number of nitrogens with zero attached hydrogens (tertiary/aromatic N) is 1. The average molecular weight is 369 g/mol. The fourth-order valence-corrected chi connectivity index (χ4v) is 7.07. The summed E-state index contributed by atoms with van der Waals surface area (Å²) in [4.78, 5) is 17.7. The van der Waals surface area contributed by atoms with Crippen molar-refractivity contribution < 1.29 is 4.79 Å². The van der Waals surface area contributed by atoms with Crippen molar-refractivity contribution in [2.75, 3.05) is 18.8 Å². The van der Waals surface area contributed by atoms with Gasteiger partial charge >= 0.3 is 0 Å². The number of H-pyrrole nitrogens is 1. The van der Waals surface area contributed by atoms with Gasteiger partial charge in [-0.3, -0.25) is 9.69 Å². The first-order valence-electron chi connectivity index (χ1n) is 10.1. The van der Waals surface area contributed by atoms with Crippen LogP contribution in [0.1, 0.15) is 50.2 Å². The molecule has 1 saturated heterocycles. The van der Waals surface area contributed by atoms with Gasteiger partial charge in [0.1, 0.15) is 5.78 Å². The Morgan fingerprint density at radius 1 is 1.38 bits per heavy atom. The molecule has 1 aliphatic heterocycles. The summed E-state index contributed by atoms with van der Waals surface area (Å²) in [6.45, 7) is 6.45. The summed E-state index contributed by atoms with van der Waals surface area (Å²) in [5, 5.41) is 2.18. The number of rotatable bonds is 5. The lowest BCUT2D eigenvalue weighted by Crippen LogP contribution is -2.51. The van der Waals surface area contributed by atoms with E-state index in [1.54, 1.807) is 12.5 Å². The molecule has 1 aromatic carbocycles. The summed E-state index contributed by atoms with van der Waals surface area (Å²) < 4.78 is 0. The van der Waals surface area contributed by atoms with Crippen LogP contribution in [-0.2, 0) is 11.2 Å². The molecule has 26 heavy (non-hydrogen) atoms. The van der Waals surface area contributed by atoms with Gasteiger partial charge in [-0.2, -0.15) is 11.8 Å². The molecule has 1 spiro atoms. The van der Waals surface area contributed by atoms with E-state index >= 15 is 0 Å². The van der Waals surface area contributed by atoms with Crippen molar-refractivity contribution >= 4 is 28.4 Å². The van der Waals surface area contributed by atoms with E-state index in [2.05, 4.69) is 41.2 Å². The molecule has 5 rings (SSSR count). The highest BCUT2D eigenvalue weighted by Crippen LogP contribution is 2.63. The largest absolute Gasteiger partial charge is 0.361 e. The second kappa shape index (κ2) is 6.13. The predicted octanol–water partition coefficient (Wildman–Crippen LogP) is 4.37. The number of Topliss-reactive ketones (excluding diaryl/α,β-unsaturated/α-hetero) is 1. The molecule has 2 aromatic rings. The number of carbonyl (C=O) groups excluding carboxylic acids is 1.